The molecule has 0 spiro atoms. The highest BCUT2D eigenvalue weighted by Gasteiger charge is 2.05. The standard InChI is InChI=1S/C15H15Cl2N/c1-2-11-6-3-4-7-12(11)10-18-15-13(16)8-5-9-14(15)17/h3-9,18H,2,10H2,1H3. The van der Waals surface area contributed by atoms with Gasteiger partial charge >= 0.3 is 0 Å². The lowest BCUT2D eigenvalue weighted by Crippen LogP contribution is -2.03. The SMILES string of the molecule is CCc1ccccc1CNc1c(Cl)cccc1Cl. The average molecular weight is 280 g/mol. The van der Waals surface area contributed by atoms with Gasteiger partial charge in [0.1, 0.15) is 0 Å². The van der Waals surface area contributed by atoms with Crippen LogP contribution in [0.4, 0.5) is 5.69 Å². The molecular weight excluding hydrogens is 265 g/mol. The zero-order chi connectivity index (χ0) is 13.0. The summed E-state index contributed by atoms with van der Waals surface area (Å²) in [4.78, 5) is 0. The quantitative estimate of drug-likeness (QED) is 0.814. The van der Waals surface area contributed by atoms with Crippen LogP contribution in [0.2, 0.25) is 10.0 Å². The van der Waals surface area contributed by atoms with Gasteiger partial charge in [-0.15, -0.1) is 0 Å². The number of anilines is 1. The molecule has 94 valence electrons. The smallest absolute Gasteiger partial charge is 0.0721 e. The molecule has 0 heterocycles. The summed E-state index contributed by atoms with van der Waals surface area (Å²) in [6.07, 6.45) is 1.02. The summed E-state index contributed by atoms with van der Waals surface area (Å²) in [5, 5.41) is 4.61. The first-order valence-corrected chi connectivity index (χ1v) is 6.72. The highest BCUT2D eigenvalue weighted by atomic mass is 35.5. The van der Waals surface area contributed by atoms with Crippen molar-refractivity contribution in [3.63, 3.8) is 0 Å². The van der Waals surface area contributed by atoms with Gasteiger partial charge in [0.15, 0.2) is 0 Å². The second-order valence-corrected chi connectivity index (χ2v) is 4.89. The van der Waals surface area contributed by atoms with Crippen LogP contribution in [0, 0.1) is 0 Å². The number of hydrogen-bond acceptors (Lipinski definition) is 1. The molecule has 2 rings (SSSR count). The Morgan fingerprint density at radius 1 is 0.889 bits per heavy atom. The van der Waals surface area contributed by atoms with Gasteiger partial charge in [0, 0.05) is 6.54 Å². The third-order valence-electron chi connectivity index (χ3n) is 2.92. The molecule has 0 aliphatic rings. The zero-order valence-electron chi connectivity index (χ0n) is 10.2. The molecule has 0 aliphatic carbocycles. The lowest BCUT2D eigenvalue weighted by Gasteiger charge is -2.12. The Kier molecular flexibility index (Phi) is 4.51. The Morgan fingerprint density at radius 2 is 1.50 bits per heavy atom. The van der Waals surface area contributed by atoms with E-state index in [1.165, 1.54) is 11.1 Å². The number of rotatable bonds is 4. The summed E-state index contributed by atoms with van der Waals surface area (Å²) < 4.78 is 0. The van der Waals surface area contributed by atoms with E-state index in [1.54, 1.807) is 0 Å². The fraction of sp³-hybridized carbons (Fsp3) is 0.200. The maximum atomic E-state index is 6.12. The molecule has 0 unspecified atom stereocenters. The molecule has 0 fully saturated rings. The molecule has 0 saturated carbocycles. The monoisotopic (exact) mass is 279 g/mol. The number of nitrogens with one attached hydrogen (secondary N) is 1. The molecule has 0 radical (unpaired) electrons. The van der Waals surface area contributed by atoms with Crippen LogP contribution in [0.1, 0.15) is 18.1 Å². The predicted octanol–water partition coefficient (Wildman–Crippen LogP) is 5.17. The summed E-state index contributed by atoms with van der Waals surface area (Å²) in [6, 6.07) is 13.9. The second kappa shape index (κ2) is 6.12. The molecular formula is C15H15Cl2N. The maximum absolute atomic E-state index is 6.12. The molecule has 0 amide bonds. The third kappa shape index (κ3) is 2.98. The number of hydrogen-bond donors (Lipinski definition) is 1. The Bertz CT molecular complexity index is 518. The molecule has 0 bridgehead atoms. The number of halogens is 2. The highest BCUT2D eigenvalue weighted by Crippen LogP contribution is 2.30. The molecule has 2 aromatic rings. The predicted molar refractivity (Wildman–Crippen MR) is 79.6 cm³/mol. The topological polar surface area (TPSA) is 12.0 Å². The van der Waals surface area contributed by atoms with Gasteiger partial charge in [-0.05, 0) is 29.7 Å². The molecule has 3 heteroatoms. The molecule has 0 aromatic heterocycles. The van der Waals surface area contributed by atoms with Crippen LogP contribution >= 0.6 is 23.2 Å². The summed E-state index contributed by atoms with van der Waals surface area (Å²) in [5.74, 6) is 0. The van der Waals surface area contributed by atoms with E-state index in [-0.39, 0.29) is 0 Å². The van der Waals surface area contributed by atoms with E-state index < -0.39 is 0 Å². The van der Waals surface area contributed by atoms with E-state index in [0.29, 0.717) is 10.0 Å². The van der Waals surface area contributed by atoms with Gasteiger partial charge in [0.25, 0.3) is 0 Å². The van der Waals surface area contributed by atoms with Crippen molar-refractivity contribution in [2.75, 3.05) is 5.32 Å². The van der Waals surface area contributed by atoms with Crippen LogP contribution in [0.25, 0.3) is 0 Å². The van der Waals surface area contributed by atoms with Crippen LogP contribution in [-0.2, 0) is 13.0 Å². The van der Waals surface area contributed by atoms with E-state index in [2.05, 4.69) is 30.4 Å². The molecule has 2 aromatic carbocycles. The first kappa shape index (κ1) is 13.3. The molecule has 0 atom stereocenters. The van der Waals surface area contributed by atoms with Crippen LogP contribution in [0.3, 0.4) is 0 Å². The minimum absolute atomic E-state index is 0.650. The fourth-order valence-corrected chi connectivity index (χ4v) is 2.46. The van der Waals surface area contributed by atoms with Gasteiger partial charge in [-0.25, -0.2) is 0 Å². The van der Waals surface area contributed by atoms with Crippen LogP contribution < -0.4 is 5.32 Å². The first-order chi connectivity index (χ1) is 8.72. The molecule has 1 N–H and O–H groups in total. The van der Waals surface area contributed by atoms with E-state index in [4.69, 9.17) is 23.2 Å². The Hall–Kier alpha value is -1.18. The van der Waals surface area contributed by atoms with Crippen LogP contribution in [0.15, 0.2) is 42.5 Å². The van der Waals surface area contributed by atoms with Gasteiger partial charge in [-0.1, -0.05) is 60.5 Å². The van der Waals surface area contributed by atoms with Crippen molar-refractivity contribution < 1.29 is 0 Å². The number of para-hydroxylation sites is 1. The number of aryl methyl sites for hydroxylation is 1. The number of benzene rings is 2. The Labute approximate surface area is 118 Å². The van der Waals surface area contributed by atoms with E-state index >= 15 is 0 Å². The first-order valence-electron chi connectivity index (χ1n) is 5.97. The zero-order valence-corrected chi connectivity index (χ0v) is 11.7. The largest absolute Gasteiger partial charge is 0.379 e. The second-order valence-electron chi connectivity index (χ2n) is 4.07. The average Bonchev–Trinajstić information content (AvgIpc) is 2.38. The summed E-state index contributed by atoms with van der Waals surface area (Å²) in [6.45, 7) is 2.88. The lowest BCUT2D eigenvalue weighted by atomic mass is 10.1. The van der Waals surface area contributed by atoms with Crippen LogP contribution in [0.5, 0.6) is 0 Å². The van der Waals surface area contributed by atoms with Crippen molar-refractivity contribution in [3.8, 4) is 0 Å². The minimum atomic E-state index is 0.650. The highest BCUT2D eigenvalue weighted by molar-refractivity contribution is 6.39. The maximum Gasteiger partial charge on any atom is 0.0721 e. The normalized spacial score (nSPS) is 10.4. The van der Waals surface area contributed by atoms with Crippen molar-refractivity contribution in [2.24, 2.45) is 0 Å². The molecule has 1 nitrogen and oxygen atoms in total. The van der Waals surface area contributed by atoms with Crippen molar-refractivity contribution in [1.29, 1.82) is 0 Å². The van der Waals surface area contributed by atoms with E-state index in [0.717, 1.165) is 18.7 Å². The Morgan fingerprint density at radius 3 is 2.11 bits per heavy atom. The fourth-order valence-electron chi connectivity index (χ4n) is 1.93. The lowest BCUT2D eigenvalue weighted by molar-refractivity contribution is 1.04. The van der Waals surface area contributed by atoms with Gasteiger partial charge < -0.3 is 5.32 Å². The van der Waals surface area contributed by atoms with Crippen molar-refractivity contribution in [3.05, 3.63) is 63.6 Å². The van der Waals surface area contributed by atoms with E-state index in [1.807, 2.05) is 24.3 Å². The molecule has 0 saturated heterocycles. The van der Waals surface area contributed by atoms with Crippen molar-refractivity contribution >= 4 is 28.9 Å². The van der Waals surface area contributed by atoms with Gasteiger partial charge in [-0.3, -0.25) is 0 Å². The summed E-state index contributed by atoms with van der Waals surface area (Å²) in [7, 11) is 0. The molecule has 0 aliphatic heterocycles. The molecule has 18 heavy (non-hydrogen) atoms. The minimum Gasteiger partial charge on any atom is -0.379 e. The van der Waals surface area contributed by atoms with Crippen LogP contribution in [-0.4, -0.2) is 0 Å². The third-order valence-corrected chi connectivity index (χ3v) is 3.55. The van der Waals surface area contributed by atoms with E-state index in [9.17, 15) is 0 Å². The summed E-state index contributed by atoms with van der Waals surface area (Å²) in [5.41, 5.74) is 3.41. The van der Waals surface area contributed by atoms with Crippen molar-refractivity contribution in [2.45, 2.75) is 19.9 Å². The van der Waals surface area contributed by atoms with Gasteiger partial charge in [0.05, 0.1) is 15.7 Å². The van der Waals surface area contributed by atoms with Crippen molar-refractivity contribution in [1.82, 2.24) is 0 Å². The van der Waals surface area contributed by atoms with Gasteiger partial charge in [-0.2, -0.15) is 0 Å². The summed E-state index contributed by atoms with van der Waals surface area (Å²) >= 11 is 12.2. The Balaban J connectivity index is 2.16. The van der Waals surface area contributed by atoms with Gasteiger partial charge in [0.2, 0.25) is 0 Å².